The van der Waals surface area contributed by atoms with Gasteiger partial charge in [-0.1, -0.05) is 25.3 Å². The molecule has 33 heavy (non-hydrogen) atoms. The molecule has 2 aromatic rings. The van der Waals surface area contributed by atoms with E-state index in [0.29, 0.717) is 16.4 Å². The lowest BCUT2D eigenvalue weighted by Crippen LogP contribution is -2.48. The highest BCUT2D eigenvalue weighted by atomic mass is 32.1. The number of carbonyl (C=O) groups is 4. The second-order valence-electron chi connectivity index (χ2n) is 7.64. The maximum Gasteiger partial charge on any atom is 0.325 e. The molecule has 0 unspecified atom stereocenters. The number of rotatable bonds is 9. The molecule has 1 saturated carbocycles. The number of primary amides is 1. The minimum Gasteiger partial charge on any atom is -0.465 e. The number of thiophene rings is 1. The van der Waals surface area contributed by atoms with E-state index in [2.05, 4.69) is 9.69 Å². The molecule has 2 heterocycles. The van der Waals surface area contributed by atoms with Gasteiger partial charge in [0.25, 0.3) is 11.8 Å². The van der Waals surface area contributed by atoms with Crippen molar-refractivity contribution in [1.82, 2.24) is 14.6 Å². The molecule has 0 bridgehead atoms. The molecule has 12 heteroatoms. The monoisotopic (exact) mass is 493 g/mol. The van der Waals surface area contributed by atoms with Gasteiger partial charge >= 0.3 is 5.97 Å². The van der Waals surface area contributed by atoms with E-state index >= 15 is 0 Å². The van der Waals surface area contributed by atoms with Crippen LogP contribution in [0.1, 0.15) is 70.1 Å². The van der Waals surface area contributed by atoms with Crippen molar-refractivity contribution in [3.05, 3.63) is 33.0 Å². The Morgan fingerprint density at radius 3 is 2.58 bits per heavy atom. The van der Waals surface area contributed by atoms with Crippen molar-refractivity contribution in [3.63, 3.8) is 0 Å². The van der Waals surface area contributed by atoms with Crippen molar-refractivity contribution in [2.45, 2.75) is 51.1 Å². The molecular weight excluding hydrogens is 466 g/mol. The normalized spacial score (nSPS) is 14.9. The van der Waals surface area contributed by atoms with Gasteiger partial charge < -0.3 is 26.4 Å². The summed E-state index contributed by atoms with van der Waals surface area (Å²) in [5.41, 5.74) is 10.8. The number of nitrogens with zero attached hydrogens (tertiary/aromatic N) is 2. The van der Waals surface area contributed by atoms with Crippen LogP contribution in [0.3, 0.4) is 0 Å². The Kier molecular flexibility index (Phi) is 8.39. The Balaban J connectivity index is 1.98. The molecule has 3 amide bonds. The number of amides is 3. The Bertz CT molecular complexity index is 1000. The molecule has 5 N–H and O–H groups in total. The molecular formula is C21H27N5O5S2. The standard InChI is InChI=1S/C21H27N5O5S2/c1-2-31-14(27)11-26(21(30)18-15(22)16(19(23)28)25-33-18)17(13-9-6-10-32-13)20(29)24-12-7-4-3-5-8-12/h6,9-10,12,17H,2-5,7-8,11,22H2,1H3,(H2,23,28)(H,24,29)/t17-/m1/s1. The largest absolute Gasteiger partial charge is 0.465 e. The van der Waals surface area contributed by atoms with Crippen LogP contribution in [0.4, 0.5) is 5.69 Å². The first-order chi connectivity index (χ1) is 15.8. The molecule has 0 radical (unpaired) electrons. The van der Waals surface area contributed by atoms with Crippen molar-refractivity contribution in [1.29, 1.82) is 0 Å². The third kappa shape index (κ3) is 5.88. The number of hydrogen-bond donors (Lipinski definition) is 3. The van der Waals surface area contributed by atoms with Gasteiger partial charge in [-0.25, -0.2) is 0 Å². The molecule has 10 nitrogen and oxygen atoms in total. The van der Waals surface area contributed by atoms with E-state index in [9.17, 15) is 19.2 Å². The second kappa shape index (κ2) is 11.2. The first-order valence-corrected chi connectivity index (χ1v) is 12.3. The van der Waals surface area contributed by atoms with Gasteiger partial charge in [0.2, 0.25) is 5.91 Å². The number of aromatic nitrogens is 1. The highest BCUT2D eigenvalue weighted by molar-refractivity contribution is 7.10. The molecule has 178 valence electrons. The number of nitrogens with one attached hydrogen (secondary N) is 1. The molecule has 0 aliphatic heterocycles. The Morgan fingerprint density at radius 2 is 2.00 bits per heavy atom. The fourth-order valence-electron chi connectivity index (χ4n) is 3.78. The lowest BCUT2D eigenvalue weighted by atomic mass is 9.95. The number of nitrogens with two attached hydrogens (primary N) is 2. The number of anilines is 1. The zero-order chi connectivity index (χ0) is 24.0. The summed E-state index contributed by atoms with van der Waals surface area (Å²) < 4.78 is 8.93. The van der Waals surface area contributed by atoms with Crippen molar-refractivity contribution < 1.29 is 23.9 Å². The minimum absolute atomic E-state index is 0.00296. The van der Waals surface area contributed by atoms with E-state index in [0.717, 1.165) is 37.0 Å². The zero-order valence-electron chi connectivity index (χ0n) is 18.2. The predicted molar refractivity (Wildman–Crippen MR) is 125 cm³/mol. The van der Waals surface area contributed by atoms with Crippen LogP contribution in [0.2, 0.25) is 0 Å². The summed E-state index contributed by atoms with van der Waals surface area (Å²) in [6.45, 7) is 1.29. The third-order valence-corrected chi connectivity index (χ3v) is 7.12. The number of esters is 1. The molecule has 1 aliphatic carbocycles. The van der Waals surface area contributed by atoms with Crippen LogP contribution in [-0.4, -0.2) is 52.2 Å². The van der Waals surface area contributed by atoms with Crippen molar-refractivity contribution in [2.24, 2.45) is 5.73 Å². The van der Waals surface area contributed by atoms with Gasteiger partial charge in [0.1, 0.15) is 17.5 Å². The van der Waals surface area contributed by atoms with Gasteiger partial charge in [0.15, 0.2) is 5.69 Å². The smallest absolute Gasteiger partial charge is 0.325 e. The maximum absolute atomic E-state index is 13.6. The van der Waals surface area contributed by atoms with E-state index in [1.54, 1.807) is 24.4 Å². The average molecular weight is 494 g/mol. The second-order valence-corrected chi connectivity index (χ2v) is 9.39. The lowest BCUT2D eigenvalue weighted by molar-refractivity contribution is -0.145. The average Bonchev–Trinajstić information content (AvgIpc) is 3.43. The van der Waals surface area contributed by atoms with Crippen LogP contribution in [-0.2, 0) is 14.3 Å². The van der Waals surface area contributed by atoms with Crippen LogP contribution >= 0.6 is 22.9 Å². The molecule has 3 rings (SSSR count). The summed E-state index contributed by atoms with van der Waals surface area (Å²) in [5.74, 6) is -2.64. The van der Waals surface area contributed by atoms with Crippen molar-refractivity contribution >= 4 is 52.2 Å². The lowest BCUT2D eigenvalue weighted by Gasteiger charge is -2.31. The van der Waals surface area contributed by atoms with Gasteiger partial charge in [-0.2, -0.15) is 4.37 Å². The van der Waals surface area contributed by atoms with E-state index in [-0.39, 0.29) is 34.8 Å². The first-order valence-electron chi connectivity index (χ1n) is 10.7. The van der Waals surface area contributed by atoms with E-state index < -0.39 is 30.4 Å². The molecule has 0 aromatic carbocycles. The molecule has 1 fully saturated rings. The van der Waals surface area contributed by atoms with E-state index in [1.807, 2.05) is 0 Å². The summed E-state index contributed by atoms with van der Waals surface area (Å²) in [4.78, 5) is 52.6. The van der Waals surface area contributed by atoms with E-state index in [4.69, 9.17) is 16.2 Å². The molecule has 1 aliphatic rings. The van der Waals surface area contributed by atoms with Crippen LogP contribution in [0.15, 0.2) is 17.5 Å². The minimum atomic E-state index is -1.08. The molecule has 1 atom stereocenters. The molecule has 0 spiro atoms. The van der Waals surface area contributed by atoms with Gasteiger partial charge in [0, 0.05) is 10.9 Å². The first kappa shape index (κ1) is 24.6. The number of carbonyl (C=O) groups excluding carboxylic acids is 4. The van der Waals surface area contributed by atoms with Crippen LogP contribution in [0.25, 0.3) is 0 Å². The van der Waals surface area contributed by atoms with Crippen LogP contribution in [0, 0.1) is 0 Å². The van der Waals surface area contributed by atoms with Gasteiger partial charge in [0.05, 0.1) is 12.3 Å². The summed E-state index contributed by atoms with van der Waals surface area (Å²) >= 11 is 1.99. The predicted octanol–water partition coefficient (Wildman–Crippen LogP) is 2.08. The Hall–Kier alpha value is -2.99. The topological polar surface area (TPSA) is 158 Å². The summed E-state index contributed by atoms with van der Waals surface area (Å²) in [5, 5.41) is 4.83. The zero-order valence-corrected chi connectivity index (χ0v) is 19.9. The van der Waals surface area contributed by atoms with Crippen molar-refractivity contribution in [3.8, 4) is 0 Å². The van der Waals surface area contributed by atoms with Crippen LogP contribution in [0.5, 0.6) is 0 Å². The number of ether oxygens (including phenoxy) is 1. The van der Waals surface area contributed by atoms with Gasteiger partial charge in [-0.15, -0.1) is 11.3 Å². The van der Waals surface area contributed by atoms with Crippen LogP contribution < -0.4 is 16.8 Å². The summed E-state index contributed by atoms with van der Waals surface area (Å²) in [6, 6.07) is 2.41. The fraction of sp³-hybridized carbons (Fsp3) is 0.476. The summed E-state index contributed by atoms with van der Waals surface area (Å²) in [6.07, 6.45) is 4.89. The molecule has 0 saturated heterocycles. The summed E-state index contributed by atoms with van der Waals surface area (Å²) in [7, 11) is 0. The maximum atomic E-state index is 13.6. The number of hydrogen-bond acceptors (Lipinski definition) is 9. The SMILES string of the molecule is CCOC(=O)CN(C(=O)c1snc(C(N)=O)c1N)[C@@H](C(=O)NC1CCCCC1)c1cccs1. The Labute approximate surface area is 199 Å². The third-order valence-electron chi connectivity index (χ3n) is 5.35. The fourth-order valence-corrected chi connectivity index (χ4v) is 5.38. The van der Waals surface area contributed by atoms with E-state index in [1.165, 1.54) is 11.3 Å². The quantitative estimate of drug-likeness (QED) is 0.451. The number of nitrogen functional groups attached to an aromatic ring is 1. The van der Waals surface area contributed by atoms with Gasteiger partial charge in [-0.3, -0.25) is 19.2 Å². The highest BCUT2D eigenvalue weighted by Gasteiger charge is 2.37. The highest BCUT2D eigenvalue weighted by Crippen LogP contribution is 2.31. The Morgan fingerprint density at radius 1 is 1.27 bits per heavy atom. The van der Waals surface area contributed by atoms with Gasteiger partial charge in [-0.05, 0) is 42.7 Å². The van der Waals surface area contributed by atoms with Crippen molar-refractivity contribution in [2.75, 3.05) is 18.9 Å². The molecule has 2 aromatic heterocycles.